The summed E-state index contributed by atoms with van der Waals surface area (Å²) in [6, 6.07) is 8.26. The van der Waals surface area contributed by atoms with Gasteiger partial charge in [0, 0.05) is 6.54 Å². The lowest BCUT2D eigenvalue weighted by Crippen LogP contribution is -2.42. The number of aliphatic hydroxyl groups excluding tert-OH is 5. The highest BCUT2D eigenvalue weighted by molar-refractivity contribution is 5.69. The fraction of sp³-hybridized carbons (Fsp3) is 0.833. The summed E-state index contributed by atoms with van der Waals surface area (Å²) < 4.78 is 26.2. The molecular formula is C126H237N5O15. The largest absolute Gasteiger partial charge is 0.450 e. The number of amides is 5. The summed E-state index contributed by atoms with van der Waals surface area (Å²) >= 11 is 0. The van der Waals surface area contributed by atoms with Crippen molar-refractivity contribution in [2.24, 2.45) is 17.8 Å². The van der Waals surface area contributed by atoms with E-state index in [0.717, 1.165) is 102 Å². The highest BCUT2D eigenvalue weighted by Gasteiger charge is 2.29. The van der Waals surface area contributed by atoms with Crippen LogP contribution < -0.4 is 21.3 Å². The highest BCUT2D eigenvalue weighted by atomic mass is 16.6. The van der Waals surface area contributed by atoms with Crippen LogP contribution in [0.25, 0.3) is 0 Å². The lowest BCUT2D eigenvalue weighted by molar-refractivity contribution is 0.0832. The Balaban J connectivity index is -0.00000175. The Hall–Kier alpha value is -5.93. The molecule has 1 aromatic carbocycles. The van der Waals surface area contributed by atoms with Gasteiger partial charge in [-0.3, -0.25) is 0 Å². The van der Waals surface area contributed by atoms with Gasteiger partial charge < -0.3 is 75.4 Å². The zero-order valence-electron chi connectivity index (χ0n) is 97.0. The maximum atomic E-state index is 12.0. The zero-order chi connectivity index (χ0) is 108. The van der Waals surface area contributed by atoms with Crippen molar-refractivity contribution in [3.63, 3.8) is 0 Å². The topological polar surface area (TPSA) is 284 Å². The smallest absolute Gasteiger partial charge is 0.410 e. The predicted octanol–water partition coefficient (Wildman–Crippen LogP) is 35.6. The first-order valence-corrected chi connectivity index (χ1v) is 61.4. The van der Waals surface area contributed by atoms with E-state index >= 15 is 0 Å². The number of likely N-dealkylation sites (tertiary alicyclic amines) is 1. The first-order chi connectivity index (χ1) is 71.3. The molecule has 0 unspecified atom stereocenters. The van der Waals surface area contributed by atoms with Crippen molar-refractivity contribution in [1.29, 1.82) is 0 Å². The van der Waals surface area contributed by atoms with Crippen LogP contribution in [0.15, 0.2) is 91.1 Å². The molecule has 20 nitrogen and oxygen atoms in total. The van der Waals surface area contributed by atoms with Gasteiger partial charge in [0.15, 0.2) is 0 Å². The zero-order valence-corrected chi connectivity index (χ0v) is 97.0. The van der Waals surface area contributed by atoms with E-state index in [-0.39, 0.29) is 68.5 Å². The summed E-state index contributed by atoms with van der Waals surface area (Å²) in [7, 11) is 0. The molecule has 7 atom stereocenters. The van der Waals surface area contributed by atoms with Gasteiger partial charge >= 0.3 is 30.5 Å². The van der Waals surface area contributed by atoms with Crippen LogP contribution in [0.2, 0.25) is 0 Å². The van der Waals surface area contributed by atoms with Crippen LogP contribution in [0.4, 0.5) is 24.0 Å². The van der Waals surface area contributed by atoms with E-state index in [4.69, 9.17) is 23.7 Å². The molecule has 20 heteroatoms. The highest BCUT2D eigenvalue weighted by Crippen LogP contribution is 2.23. The van der Waals surface area contributed by atoms with Crippen LogP contribution in [-0.2, 0) is 23.7 Å². The number of benzene rings is 1. The van der Waals surface area contributed by atoms with Crippen molar-refractivity contribution in [3.05, 3.63) is 96.7 Å². The number of alkyl carbamates (subject to hydrolysis) is 4. The monoisotopic (exact) mass is 2060 g/mol. The molecule has 146 heavy (non-hydrogen) atoms. The van der Waals surface area contributed by atoms with E-state index in [9.17, 15) is 49.5 Å². The summed E-state index contributed by atoms with van der Waals surface area (Å²) in [4.78, 5) is 60.6. The minimum atomic E-state index is -0.742. The van der Waals surface area contributed by atoms with E-state index in [1.807, 2.05) is 58.0 Å². The SMILES string of the molecule is CCCCCCCC/C=C\CCCCCCCCOC(=O)N1CCC[C@H]1CO.CCCCCCCC/C=C\CCCCCCCCOC(=O)N[C@@H](C)[C@H](O)c1ccccc1.CCCCCCCC/C=C\CCCCCCCCOC(=O)N[C@H](CO)C(C)C.CCCCCCCC/C=C\CCCCCCCCOC(=O)N[C@H](CO)CC(C)C.CCCCCCCC/C=C\CCCCCCCCOC(=O)N[C@H](CO)[C@H](C)CC. The first kappa shape index (κ1) is 144. The molecule has 0 spiro atoms. The molecule has 1 saturated heterocycles. The lowest BCUT2D eigenvalue weighted by atomic mass is 10.0. The van der Waals surface area contributed by atoms with E-state index in [2.05, 4.69) is 130 Å². The Morgan fingerprint density at radius 3 is 0.829 bits per heavy atom. The second kappa shape index (κ2) is 118. The Morgan fingerprint density at radius 1 is 0.322 bits per heavy atom. The first-order valence-electron chi connectivity index (χ1n) is 61.4. The summed E-state index contributed by atoms with van der Waals surface area (Å²) in [6.45, 7) is 28.2. The number of ether oxygens (including phenoxy) is 5. The predicted molar refractivity (Wildman–Crippen MR) is 621 cm³/mol. The number of aliphatic hydroxyl groups is 5. The molecule has 1 heterocycles. The third-order valence-corrected chi connectivity index (χ3v) is 27.7. The van der Waals surface area contributed by atoms with Crippen molar-refractivity contribution in [1.82, 2.24) is 26.2 Å². The maximum absolute atomic E-state index is 12.0. The number of nitrogens with one attached hydrogen (secondary N) is 4. The van der Waals surface area contributed by atoms with Crippen LogP contribution in [0.1, 0.15) is 570 Å². The van der Waals surface area contributed by atoms with Crippen LogP contribution in [0.5, 0.6) is 0 Å². The molecule has 0 saturated carbocycles. The molecule has 0 bridgehead atoms. The average Bonchev–Trinajstić information content (AvgIpc) is 1.80. The van der Waals surface area contributed by atoms with Gasteiger partial charge in [0.05, 0.1) is 95.8 Å². The van der Waals surface area contributed by atoms with E-state index in [1.165, 1.54) is 385 Å². The number of hydrogen-bond donors (Lipinski definition) is 9. The third-order valence-electron chi connectivity index (χ3n) is 27.7. The van der Waals surface area contributed by atoms with Gasteiger partial charge in [0.2, 0.25) is 0 Å². The van der Waals surface area contributed by atoms with Crippen molar-refractivity contribution in [3.8, 4) is 0 Å². The van der Waals surface area contributed by atoms with Crippen LogP contribution >= 0.6 is 0 Å². The van der Waals surface area contributed by atoms with Crippen LogP contribution in [-0.4, -0.2) is 157 Å². The van der Waals surface area contributed by atoms with Crippen LogP contribution in [0.3, 0.4) is 0 Å². The number of nitrogens with zero attached hydrogens (tertiary/aromatic N) is 1. The molecule has 856 valence electrons. The molecule has 0 aromatic heterocycles. The van der Waals surface area contributed by atoms with Crippen molar-refractivity contribution >= 4 is 30.5 Å². The molecular weight excluding hydrogens is 1820 g/mol. The summed E-state index contributed by atoms with van der Waals surface area (Å²) in [5.41, 5.74) is 0.786. The van der Waals surface area contributed by atoms with E-state index < -0.39 is 36.5 Å². The molecule has 1 aliphatic rings. The van der Waals surface area contributed by atoms with Gasteiger partial charge in [0.25, 0.3) is 0 Å². The van der Waals surface area contributed by atoms with Gasteiger partial charge in [0.1, 0.15) is 0 Å². The molecule has 5 amide bonds. The summed E-state index contributed by atoms with van der Waals surface area (Å²) in [6.07, 6.45) is 113. The standard InChI is InChI=1S/C28H47NO3.2C25H49NO3.C24H45NO3.C24H47NO3/c1-3-4-5-6-7-8-9-10-11-12-13-14-15-16-17-21-24-32-28(31)29-25(2)27(30)26-22-19-18-20-23-26;1-4-5-6-7-8-9-10-11-12-13-14-15-16-17-18-19-20-29-25(28)26-24(22-27)21-23(2)3;1-4-6-7-8-9-10-11-12-13-14-15-16-17-18-19-20-21-29-25(28)26-24(22-27)23(3)5-2;1-2-3-4-5-6-7-8-9-10-11-12-13-14-15-16-17-21-28-24(27)25-20-18-19-23(25)22-26;1-4-5-6-7-8-9-10-11-12-13-14-15-16-17-18-19-20-28-24(27)25-23(21-26)22(2)3/h10-11,18-20,22-23,25,27,30H,3-9,12-17,21,24H2,1-2H3,(H,29,31);11-12,23-24,27H,4-10,13-22H2,1-3H3,(H,26,28);12-13,23-24,27H,4-11,14-22H2,1-3H3,(H,26,28);9-10,23,26H,2-8,11-22H2,1H3;11-12,22-23,26H,4-10,13-21H2,1-3H3,(H,25,27)/b11-10-;12-11-;13-12-;10-9-;12-11-/t25-,27-;24-;23-,24-;2*23-/m00101/s1. The third kappa shape index (κ3) is 105. The quantitative estimate of drug-likeness (QED) is 0.0167. The fourth-order valence-electron chi connectivity index (χ4n) is 17.6. The molecule has 9 N–H and O–H groups in total. The lowest BCUT2D eigenvalue weighted by Gasteiger charge is -2.22. The second-order valence-electron chi connectivity index (χ2n) is 42.5. The van der Waals surface area contributed by atoms with Crippen molar-refractivity contribution in [2.45, 2.75) is 595 Å². The number of carbonyl (C=O) groups excluding carboxylic acids is 5. The second-order valence-corrected chi connectivity index (χ2v) is 42.5. The normalized spacial score (nSPS) is 13.7. The van der Waals surface area contributed by atoms with Gasteiger partial charge in [-0.15, -0.1) is 0 Å². The number of allylic oxidation sites excluding steroid dienone is 10. The molecule has 1 aromatic rings. The maximum Gasteiger partial charge on any atom is 0.410 e. The molecule has 1 fully saturated rings. The van der Waals surface area contributed by atoms with E-state index in [1.54, 1.807) is 11.8 Å². The average molecular weight is 2060 g/mol. The van der Waals surface area contributed by atoms with Crippen LogP contribution in [0, 0.1) is 17.8 Å². The minimum absolute atomic E-state index is 0.0349. The minimum Gasteiger partial charge on any atom is -0.450 e. The van der Waals surface area contributed by atoms with Crippen molar-refractivity contribution in [2.75, 3.05) is 66.0 Å². The molecule has 0 aliphatic carbocycles. The van der Waals surface area contributed by atoms with Gasteiger partial charge in [-0.05, 0) is 210 Å². The molecule has 1 aliphatic heterocycles. The Morgan fingerprint density at radius 2 is 0.575 bits per heavy atom. The van der Waals surface area contributed by atoms with E-state index in [0.29, 0.717) is 39.0 Å². The summed E-state index contributed by atoms with van der Waals surface area (Å²) in [5, 5.41) is 58.2. The molecule has 0 radical (unpaired) electrons. The fourth-order valence-corrected chi connectivity index (χ4v) is 17.6. The number of unbranched alkanes of at least 4 members (excludes halogenated alkanes) is 60. The van der Waals surface area contributed by atoms with Gasteiger partial charge in [-0.1, -0.05) is 463 Å². The number of rotatable bonds is 95. The Kier molecular flexibility index (Phi) is 116. The molecule has 2 rings (SSSR count). The van der Waals surface area contributed by atoms with Gasteiger partial charge in [-0.25, -0.2) is 24.0 Å². The number of hydrogen-bond acceptors (Lipinski definition) is 15. The Bertz CT molecular complexity index is 3020. The summed E-state index contributed by atoms with van der Waals surface area (Å²) in [5.74, 6) is 0.879. The number of carbonyl (C=O) groups is 5. The van der Waals surface area contributed by atoms with Crippen molar-refractivity contribution < 1.29 is 73.2 Å². The Labute approximate surface area is 899 Å². The van der Waals surface area contributed by atoms with Gasteiger partial charge in [-0.2, -0.15) is 0 Å².